The van der Waals surface area contributed by atoms with Crippen molar-refractivity contribution in [3.63, 3.8) is 0 Å². The predicted octanol–water partition coefficient (Wildman–Crippen LogP) is 4.18. The Morgan fingerprint density at radius 2 is 1.95 bits per heavy atom. The largest absolute Gasteiger partial charge is 0.325 e. The first-order valence-corrected chi connectivity index (χ1v) is 8.75. The standard InChI is InChI=1S/C17H23NOS/c1-12(20-16-7-2-3-8-16)17(19)18-15-10-9-13-5-4-6-14(13)11-15/h9-12,16H,2-8H2,1H3,(H,18,19). The summed E-state index contributed by atoms with van der Waals surface area (Å²) in [6.07, 6.45) is 8.82. The Labute approximate surface area is 125 Å². The van der Waals surface area contributed by atoms with E-state index in [0.29, 0.717) is 5.25 Å². The van der Waals surface area contributed by atoms with Crippen molar-refractivity contribution in [1.29, 1.82) is 0 Å². The first-order chi connectivity index (χ1) is 9.72. The molecular weight excluding hydrogens is 266 g/mol. The highest BCUT2D eigenvalue weighted by Crippen LogP contribution is 2.32. The molecular formula is C17H23NOS. The van der Waals surface area contributed by atoms with Gasteiger partial charge in [0.15, 0.2) is 0 Å². The molecule has 0 bridgehead atoms. The number of aryl methyl sites for hydroxylation is 2. The summed E-state index contributed by atoms with van der Waals surface area (Å²) in [6.45, 7) is 2.03. The van der Waals surface area contributed by atoms with E-state index in [9.17, 15) is 4.79 Å². The van der Waals surface area contributed by atoms with Gasteiger partial charge in [-0.05, 0) is 62.3 Å². The molecule has 108 valence electrons. The number of amides is 1. The van der Waals surface area contributed by atoms with Gasteiger partial charge in [0.25, 0.3) is 0 Å². The van der Waals surface area contributed by atoms with Crippen molar-refractivity contribution in [1.82, 2.24) is 0 Å². The van der Waals surface area contributed by atoms with E-state index in [0.717, 1.165) is 12.1 Å². The van der Waals surface area contributed by atoms with Crippen LogP contribution in [0, 0.1) is 0 Å². The predicted molar refractivity (Wildman–Crippen MR) is 86.4 cm³/mol. The molecule has 1 atom stereocenters. The fourth-order valence-corrected chi connectivity index (χ4v) is 4.63. The van der Waals surface area contributed by atoms with Crippen LogP contribution in [0.2, 0.25) is 0 Å². The number of anilines is 1. The molecule has 2 aliphatic carbocycles. The van der Waals surface area contributed by atoms with Gasteiger partial charge in [-0.15, -0.1) is 11.8 Å². The Hall–Kier alpha value is -0.960. The van der Waals surface area contributed by atoms with Crippen molar-refractivity contribution >= 4 is 23.4 Å². The lowest BCUT2D eigenvalue weighted by atomic mass is 10.1. The summed E-state index contributed by atoms with van der Waals surface area (Å²) < 4.78 is 0. The second kappa shape index (κ2) is 6.21. The minimum absolute atomic E-state index is 0.0476. The van der Waals surface area contributed by atoms with Crippen LogP contribution in [0.4, 0.5) is 5.69 Å². The summed E-state index contributed by atoms with van der Waals surface area (Å²) >= 11 is 1.85. The van der Waals surface area contributed by atoms with Crippen LogP contribution in [0.25, 0.3) is 0 Å². The molecule has 1 amide bonds. The molecule has 1 unspecified atom stereocenters. The Bertz CT molecular complexity index is 494. The molecule has 0 radical (unpaired) electrons. The van der Waals surface area contributed by atoms with Gasteiger partial charge in [-0.25, -0.2) is 0 Å². The molecule has 1 aromatic rings. The van der Waals surface area contributed by atoms with E-state index in [1.54, 1.807) is 0 Å². The summed E-state index contributed by atoms with van der Waals surface area (Å²) in [5, 5.41) is 3.82. The van der Waals surface area contributed by atoms with Crippen LogP contribution in [-0.2, 0) is 17.6 Å². The van der Waals surface area contributed by atoms with Crippen LogP contribution in [-0.4, -0.2) is 16.4 Å². The Kier molecular flexibility index (Phi) is 4.35. The fourth-order valence-electron chi connectivity index (χ4n) is 3.27. The van der Waals surface area contributed by atoms with E-state index in [4.69, 9.17) is 0 Å². The van der Waals surface area contributed by atoms with Crippen molar-refractivity contribution in [2.24, 2.45) is 0 Å². The highest BCUT2D eigenvalue weighted by Gasteiger charge is 2.22. The number of carbonyl (C=O) groups is 1. The molecule has 3 rings (SSSR count). The third-order valence-electron chi connectivity index (χ3n) is 4.43. The van der Waals surface area contributed by atoms with Gasteiger partial charge in [0.1, 0.15) is 0 Å². The maximum Gasteiger partial charge on any atom is 0.237 e. The number of benzene rings is 1. The maximum atomic E-state index is 12.3. The van der Waals surface area contributed by atoms with Crippen molar-refractivity contribution in [2.75, 3.05) is 5.32 Å². The van der Waals surface area contributed by atoms with Gasteiger partial charge in [-0.1, -0.05) is 18.9 Å². The second-order valence-electron chi connectivity index (χ2n) is 6.01. The fraction of sp³-hybridized carbons (Fsp3) is 0.588. The van der Waals surface area contributed by atoms with Crippen LogP contribution in [0.1, 0.15) is 50.2 Å². The Balaban J connectivity index is 1.57. The average Bonchev–Trinajstić information content (AvgIpc) is 3.08. The van der Waals surface area contributed by atoms with Crippen LogP contribution >= 0.6 is 11.8 Å². The first kappa shape index (κ1) is 14.0. The summed E-state index contributed by atoms with van der Waals surface area (Å²) in [5.41, 5.74) is 3.84. The van der Waals surface area contributed by atoms with Crippen LogP contribution < -0.4 is 5.32 Å². The van der Waals surface area contributed by atoms with Crippen molar-refractivity contribution < 1.29 is 4.79 Å². The zero-order valence-electron chi connectivity index (χ0n) is 12.2. The summed E-state index contributed by atoms with van der Waals surface area (Å²) in [6, 6.07) is 6.38. The molecule has 1 N–H and O–H groups in total. The number of nitrogens with one attached hydrogen (secondary N) is 1. The van der Waals surface area contributed by atoms with E-state index in [1.807, 2.05) is 18.7 Å². The molecule has 20 heavy (non-hydrogen) atoms. The number of thioether (sulfide) groups is 1. The van der Waals surface area contributed by atoms with Crippen LogP contribution in [0.15, 0.2) is 18.2 Å². The number of carbonyl (C=O) groups excluding carboxylic acids is 1. The number of hydrogen-bond donors (Lipinski definition) is 1. The lowest BCUT2D eigenvalue weighted by Crippen LogP contribution is -2.24. The molecule has 1 aromatic carbocycles. The van der Waals surface area contributed by atoms with Gasteiger partial charge >= 0.3 is 0 Å². The molecule has 3 heteroatoms. The normalized spacial score (nSPS) is 19.9. The molecule has 0 saturated heterocycles. The van der Waals surface area contributed by atoms with Gasteiger partial charge in [-0.3, -0.25) is 4.79 Å². The lowest BCUT2D eigenvalue weighted by molar-refractivity contribution is -0.115. The lowest BCUT2D eigenvalue weighted by Gasteiger charge is -2.16. The quantitative estimate of drug-likeness (QED) is 0.901. The number of fused-ring (bicyclic) bond motifs is 1. The monoisotopic (exact) mass is 289 g/mol. The third-order valence-corrected chi connectivity index (χ3v) is 5.91. The molecule has 2 aliphatic rings. The van der Waals surface area contributed by atoms with Gasteiger partial charge in [-0.2, -0.15) is 0 Å². The van der Waals surface area contributed by atoms with Gasteiger partial charge in [0, 0.05) is 10.9 Å². The van der Waals surface area contributed by atoms with E-state index >= 15 is 0 Å². The molecule has 1 fully saturated rings. The molecule has 0 aromatic heterocycles. The molecule has 0 spiro atoms. The zero-order chi connectivity index (χ0) is 13.9. The van der Waals surface area contributed by atoms with Crippen LogP contribution in [0.3, 0.4) is 0 Å². The molecule has 2 nitrogen and oxygen atoms in total. The second-order valence-corrected chi connectivity index (χ2v) is 7.66. The first-order valence-electron chi connectivity index (χ1n) is 7.80. The molecule has 1 saturated carbocycles. The average molecular weight is 289 g/mol. The third kappa shape index (κ3) is 3.20. The van der Waals surface area contributed by atoms with E-state index < -0.39 is 0 Å². The van der Waals surface area contributed by atoms with E-state index in [2.05, 4.69) is 23.5 Å². The van der Waals surface area contributed by atoms with Crippen molar-refractivity contribution in [3.05, 3.63) is 29.3 Å². The van der Waals surface area contributed by atoms with Crippen LogP contribution in [0.5, 0.6) is 0 Å². The summed E-state index contributed by atoms with van der Waals surface area (Å²) in [4.78, 5) is 12.3. The van der Waals surface area contributed by atoms with Crippen molar-refractivity contribution in [2.45, 2.75) is 62.4 Å². The Morgan fingerprint density at radius 1 is 1.20 bits per heavy atom. The Morgan fingerprint density at radius 3 is 2.75 bits per heavy atom. The minimum Gasteiger partial charge on any atom is -0.325 e. The number of hydrogen-bond acceptors (Lipinski definition) is 2. The maximum absolute atomic E-state index is 12.3. The van der Waals surface area contributed by atoms with Gasteiger partial charge in [0.2, 0.25) is 5.91 Å². The zero-order valence-corrected chi connectivity index (χ0v) is 13.0. The van der Waals surface area contributed by atoms with Gasteiger partial charge < -0.3 is 5.32 Å². The highest BCUT2D eigenvalue weighted by molar-refractivity contribution is 8.01. The van der Waals surface area contributed by atoms with E-state index in [-0.39, 0.29) is 11.2 Å². The minimum atomic E-state index is 0.0476. The molecule has 0 heterocycles. The summed E-state index contributed by atoms with van der Waals surface area (Å²) in [7, 11) is 0. The topological polar surface area (TPSA) is 29.1 Å². The van der Waals surface area contributed by atoms with Gasteiger partial charge in [0.05, 0.1) is 5.25 Å². The smallest absolute Gasteiger partial charge is 0.237 e. The number of rotatable bonds is 4. The highest BCUT2D eigenvalue weighted by atomic mass is 32.2. The van der Waals surface area contributed by atoms with E-state index in [1.165, 1.54) is 49.7 Å². The van der Waals surface area contributed by atoms with Crippen molar-refractivity contribution in [3.8, 4) is 0 Å². The molecule has 0 aliphatic heterocycles. The SMILES string of the molecule is CC(SC1CCCC1)C(=O)Nc1ccc2c(c1)CCC2. The summed E-state index contributed by atoms with van der Waals surface area (Å²) in [5.74, 6) is 0.153.